The number of methoxy groups -OCH3 is 2. The van der Waals surface area contributed by atoms with E-state index in [0.717, 1.165) is 5.56 Å². The monoisotopic (exact) mass is 380 g/mol. The SMILES string of the molecule is COc1cc(OC)nc(NC(=O)NS(=O)(=O)c2cccc3c2COC3)n1. The first-order valence-corrected chi connectivity index (χ1v) is 8.90. The largest absolute Gasteiger partial charge is 0.481 e. The summed E-state index contributed by atoms with van der Waals surface area (Å²) in [6, 6.07) is 5.17. The molecule has 0 fully saturated rings. The van der Waals surface area contributed by atoms with Gasteiger partial charge in [0.2, 0.25) is 17.7 Å². The van der Waals surface area contributed by atoms with Crippen LogP contribution in [0.1, 0.15) is 11.1 Å². The predicted molar refractivity (Wildman–Crippen MR) is 89.4 cm³/mol. The van der Waals surface area contributed by atoms with Gasteiger partial charge in [-0.1, -0.05) is 12.1 Å². The van der Waals surface area contributed by atoms with Crippen molar-refractivity contribution in [2.24, 2.45) is 0 Å². The minimum absolute atomic E-state index is 0.00760. The van der Waals surface area contributed by atoms with Crippen molar-refractivity contribution in [1.82, 2.24) is 14.7 Å². The van der Waals surface area contributed by atoms with Crippen LogP contribution in [0.2, 0.25) is 0 Å². The van der Waals surface area contributed by atoms with Crippen LogP contribution >= 0.6 is 0 Å². The molecule has 0 aliphatic carbocycles. The summed E-state index contributed by atoms with van der Waals surface area (Å²) >= 11 is 0. The molecule has 11 heteroatoms. The third-order valence-electron chi connectivity index (χ3n) is 3.57. The fourth-order valence-electron chi connectivity index (χ4n) is 2.40. The number of carbonyl (C=O) groups is 1. The molecule has 2 aromatic rings. The number of nitrogens with zero attached hydrogens (tertiary/aromatic N) is 2. The zero-order valence-electron chi connectivity index (χ0n) is 14.0. The Kier molecular flexibility index (Phi) is 4.91. The Hall–Kier alpha value is -2.92. The van der Waals surface area contributed by atoms with Crippen molar-refractivity contribution >= 4 is 22.0 Å². The number of rotatable bonds is 5. The minimum atomic E-state index is -4.10. The van der Waals surface area contributed by atoms with Crippen molar-refractivity contribution < 1.29 is 27.4 Å². The second-order valence-corrected chi connectivity index (χ2v) is 6.87. The number of hydrogen-bond donors (Lipinski definition) is 2. The van der Waals surface area contributed by atoms with E-state index in [1.54, 1.807) is 12.1 Å². The molecule has 0 saturated carbocycles. The van der Waals surface area contributed by atoms with Gasteiger partial charge in [0.25, 0.3) is 10.0 Å². The molecule has 0 bridgehead atoms. The second-order valence-electron chi connectivity index (χ2n) is 5.22. The number of sulfonamides is 1. The molecule has 0 radical (unpaired) electrons. The Balaban J connectivity index is 1.79. The van der Waals surface area contributed by atoms with Crippen molar-refractivity contribution in [1.29, 1.82) is 0 Å². The molecule has 0 saturated heterocycles. The third-order valence-corrected chi connectivity index (χ3v) is 4.99. The summed E-state index contributed by atoms with van der Waals surface area (Å²) in [6.07, 6.45) is 0. The number of aromatic nitrogens is 2. The molecule has 138 valence electrons. The Morgan fingerprint density at radius 2 is 1.85 bits per heavy atom. The quantitative estimate of drug-likeness (QED) is 0.787. The van der Waals surface area contributed by atoms with Crippen molar-refractivity contribution in [2.75, 3.05) is 19.5 Å². The van der Waals surface area contributed by atoms with Crippen molar-refractivity contribution in [3.8, 4) is 11.8 Å². The average molecular weight is 380 g/mol. The fraction of sp³-hybridized carbons (Fsp3) is 0.267. The molecular weight excluding hydrogens is 364 g/mol. The van der Waals surface area contributed by atoms with Crippen LogP contribution in [0.25, 0.3) is 0 Å². The summed E-state index contributed by atoms with van der Waals surface area (Å²) in [5, 5.41) is 2.24. The molecule has 3 rings (SSSR count). The van der Waals surface area contributed by atoms with E-state index in [-0.39, 0.29) is 29.2 Å². The van der Waals surface area contributed by atoms with E-state index < -0.39 is 16.1 Å². The Bertz CT molecular complexity index is 925. The standard InChI is InChI=1S/C15H16N4O6S/c1-23-12-6-13(24-2)17-14(16-12)18-15(20)19-26(21,22)11-5-3-4-9-7-25-8-10(9)11/h3-6H,7-8H2,1-2H3,(H2,16,17,18,19,20). The van der Waals surface area contributed by atoms with E-state index >= 15 is 0 Å². The summed E-state index contributed by atoms with van der Waals surface area (Å²) in [6.45, 7) is 0.507. The maximum atomic E-state index is 12.5. The molecule has 1 aliphatic rings. The molecule has 1 aliphatic heterocycles. The number of amides is 2. The van der Waals surface area contributed by atoms with Gasteiger partial charge in [-0.3, -0.25) is 5.32 Å². The highest BCUT2D eigenvalue weighted by Crippen LogP contribution is 2.26. The summed E-state index contributed by atoms with van der Waals surface area (Å²) < 4.78 is 42.2. The molecule has 0 spiro atoms. The van der Waals surface area contributed by atoms with Crippen LogP contribution in [-0.4, -0.2) is 38.6 Å². The zero-order chi connectivity index (χ0) is 18.7. The van der Waals surface area contributed by atoms with E-state index in [2.05, 4.69) is 15.3 Å². The van der Waals surface area contributed by atoms with Gasteiger partial charge in [0, 0.05) is 5.56 Å². The first-order valence-electron chi connectivity index (χ1n) is 7.42. The molecule has 1 aromatic heterocycles. The van der Waals surface area contributed by atoms with Gasteiger partial charge < -0.3 is 14.2 Å². The van der Waals surface area contributed by atoms with E-state index in [1.807, 2.05) is 4.72 Å². The summed E-state index contributed by atoms with van der Waals surface area (Å²) in [7, 11) is -1.33. The van der Waals surface area contributed by atoms with E-state index in [0.29, 0.717) is 12.2 Å². The maximum absolute atomic E-state index is 12.5. The van der Waals surface area contributed by atoms with E-state index in [1.165, 1.54) is 26.4 Å². The molecule has 1 aromatic carbocycles. The topological polar surface area (TPSA) is 129 Å². The molecule has 26 heavy (non-hydrogen) atoms. The van der Waals surface area contributed by atoms with Crippen LogP contribution in [0.15, 0.2) is 29.2 Å². The molecule has 2 amide bonds. The Morgan fingerprint density at radius 1 is 1.15 bits per heavy atom. The number of hydrogen-bond acceptors (Lipinski definition) is 8. The number of anilines is 1. The van der Waals surface area contributed by atoms with Gasteiger partial charge in [-0.2, -0.15) is 9.97 Å². The Morgan fingerprint density at radius 3 is 2.50 bits per heavy atom. The fourth-order valence-corrected chi connectivity index (χ4v) is 3.58. The van der Waals surface area contributed by atoms with Gasteiger partial charge in [-0.05, 0) is 11.6 Å². The minimum Gasteiger partial charge on any atom is -0.481 e. The molecular formula is C15H16N4O6S. The van der Waals surface area contributed by atoms with Crippen LogP contribution in [0.4, 0.5) is 10.7 Å². The van der Waals surface area contributed by atoms with Crippen LogP contribution in [0.3, 0.4) is 0 Å². The smallest absolute Gasteiger partial charge is 0.335 e. The molecule has 2 N–H and O–H groups in total. The number of urea groups is 1. The molecule has 0 atom stereocenters. The average Bonchev–Trinajstić information content (AvgIpc) is 3.09. The molecule has 2 heterocycles. The summed E-state index contributed by atoms with van der Waals surface area (Å²) in [4.78, 5) is 19.9. The van der Waals surface area contributed by atoms with Gasteiger partial charge in [0.15, 0.2) is 0 Å². The molecule has 0 unspecified atom stereocenters. The number of carbonyl (C=O) groups excluding carboxylic acids is 1. The first kappa shape index (κ1) is 17.9. The highest BCUT2D eigenvalue weighted by atomic mass is 32.2. The number of fused-ring (bicyclic) bond motifs is 1. The van der Waals surface area contributed by atoms with Crippen LogP contribution < -0.4 is 19.5 Å². The maximum Gasteiger partial charge on any atom is 0.335 e. The lowest BCUT2D eigenvalue weighted by atomic mass is 10.1. The van der Waals surface area contributed by atoms with Gasteiger partial charge in [0.1, 0.15) is 0 Å². The van der Waals surface area contributed by atoms with Crippen molar-refractivity contribution in [3.05, 3.63) is 35.4 Å². The lowest BCUT2D eigenvalue weighted by molar-refractivity contribution is 0.133. The third kappa shape index (κ3) is 3.68. The van der Waals surface area contributed by atoms with Crippen LogP contribution in [0, 0.1) is 0 Å². The van der Waals surface area contributed by atoms with Gasteiger partial charge in [0.05, 0.1) is 38.4 Å². The normalized spacial score (nSPS) is 13.0. The van der Waals surface area contributed by atoms with Crippen LogP contribution in [-0.2, 0) is 28.0 Å². The van der Waals surface area contributed by atoms with Crippen molar-refractivity contribution in [3.63, 3.8) is 0 Å². The first-order chi connectivity index (χ1) is 12.4. The zero-order valence-corrected chi connectivity index (χ0v) is 14.8. The van der Waals surface area contributed by atoms with E-state index in [4.69, 9.17) is 14.2 Å². The lowest BCUT2D eigenvalue weighted by Gasteiger charge is -2.11. The lowest BCUT2D eigenvalue weighted by Crippen LogP contribution is -2.35. The van der Waals surface area contributed by atoms with Gasteiger partial charge in [-0.25, -0.2) is 17.9 Å². The van der Waals surface area contributed by atoms with Crippen molar-refractivity contribution in [2.45, 2.75) is 18.1 Å². The van der Waals surface area contributed by atoms with E-state index in [9.17, 15) is 13.2 Å². The van der Waals surface area contributed by atoms with Gasteiger partial charge in [-0.15, -0.1) is 0 Å². The predicted octanol–water partition coefficient (Wildman–Crippen LogP) is 1.03. The highest BCUT2D eigenvalue weighted by molar-refractivity contribution is 7.90. The summed E-state index contributed by atoms with van der Waals surface area (Å²) in [5.74, 6) is 0.122. The second kappa shape index (κ2) is 7.14. The number of ether oxygens (including phenoxy) is 3. The van der Waals surface area contributed by atoms with Crippen LogP contribution in [0.5, 0.6) is 11.8 Å². The Labute approximate surface area is 149 Å². The highest BCUT2D eigenvalue weighted by Gasteiger charge is 2.26. The van der Waals surface area contributed by atoms with Gasteiger partial charge >= 0.3 is 6.03 Å². The number of nitrogens with one attached hydrogen (secondary N) is 2. The summed E-state index contributed by atoms with van der Waals surface area (Å²) in [5.41, 5.74) is 1.31. The number of benzene rings is 1. The molecule has 10 nitrogen and oxygen atoms in total.